The van der Waals surface area contributed by atoms with Crippen molar-refractivity contribution in [3.8, 4) is 0 Å². The summed E-state index contributed by atoms with van der Waals surface area (Å²) in [4.78, 5) is 50.0. The first kappa shape index (κ1) is 33.1. The zero-order chi connectivity index (χ0) is 29.7. The molecule has 0 saturated heterocycles. The number of rotatable bonds is 18. The lowest BCUT2D eigenvalue weighted by molar-refractivity contribution is -0.145. The Morgan fingerprint density at radius 2 is 1.22 bits per heavy atom. The highest BCUT2D eigenvalue weighted by Crippen LogP contribution is 2.08. The van der Waals surface area contributed by atoms with Crippen LogP contribution in [0.2, 0.25) is 0 Å². The standard InChI is InChI=1S/C30H42N4O7/c1-31-19-11-9-18-26(28(36)39-2)33-27(35)25(34-30(38)41-22-24-15-7-4-8-16-24)17-10-12-20-32-29(37)40-21-23-13-5-3-6-14-23/h3-8,13-16,25-26,31H,9-12,17-22H2,1-2H3,(H,32,37)(H,33,35)(H,34,38)/t25-,26-/m0/s1. The summed E-state index contributed by atoms with van der Waals surface area (Å²) < 4.78 is 15.4. The van der Waals surface area contributed by atoms with Crippen molar-refractivity contribution in [2.24, 2.45) is 0 Å². The lowest BCUT2D eigenvalue weighted by Crippen LogP contribution is -2.52. The fourth-order valence-corrected chi connectivity index (χ4v) is 3.93. The van der Waals surface area contributed by atoms with Crippen molar-refractivity contribution in [1.29, 1.82) is 0 Å². The van der Waals surface area contributed by atoms with Gasteiger partial charge in [-0.3, -0.25) is 4.79 Å². The highest BCUT2D eigenvalue weighted by Gasteiger charge is 2.27. The average Bonchev–Trinajstić information content (AvgIpc) is 3.00. The largest absolute Gasteiger partial charge is 0.467 e. The number of carbonyl (C=O) groups excluding carboxylic acids is 4. The molecule has 2 rings (SSSR count). The molecule has 0 heterocycles. The van der Waals surface area contributed by atoms with Crippen molar-refractivity contribution in [2.45, 2.75) is 63.8 Å². The molecule has 0 aliphatic rings. The van der Waals surface area contributed by atoms with Crippen molar-refractivity contribution in [3.63, 3.8) is 0 Å². The van der Waals surface area contributed by atoms with Crippen LogP contribution in [0.5, 0.6) is 0 Å². The number of hydrogen-bond acceptors (Lipinski definition) is 8. The molecule has 2 aromatic carbocycles. The highest BCUT2D eigenvalue weighted by molar-refractivity contribution is 5.89. The highest BCUT2D eigenvalue weighted by atomic mass is 16.6. The van der Waals surface area contributed by atoms with Crippen molar-refractivity contribution in [1.82, 2.24) is 21.3 Å². The fourth-order valence-electron chi connectivity index (χ4n) is 3.93. The maximum atomic E-state index is 13.2. The van der Waals surface area contributed by atoms with E-state index in [1.807, 2.05) is 67.7 Å². The van der Waals surface area contributed by atoms with E-state index in [1.54, 1.807) is 0 Å². The molecule has 224 valence electrons. The van der Waals surface area contributed by atoms with Gasteiger partial charge in [-0.15, -0.1) is 0 Å². The van der Waals surface area contributed by atoms with Crippen LogP contribution >= 0.6 is 0 Å². The minimum Gasteiger partial charge on any atom is -0.467 e. The van der Waals surface area contributed by atoms with Crippen molar-refractivity contribution in [3.05, 3.63) is 71.8 Å². The maximum absolute atomic E-state index is 13.2. The Kier molecular flexibility index (Phi) is 16.0. The molecule has 3 amide bonds. The molecule has 11 nitrogen and oxygen atoms in total. The number of ether oxygens (including phenoxy) is 3. The number of carbonyl (C=O) groups is 4. The normalized spacial score (nSPS) is 12.0. The number of alkyl carbamates (subject to hydrolysis) is 2. The molecular weight excluding hydrogens is 528 g/mol. The van der Waals surface area contributed by atoms with Gasteiger partial charge in [0, 0.05) is 6.54 Å². The van der Waals surface area contributed by atoms with E-state index in [2.05, 4.69) is 21.3 Å². The van der Waals surface area contributed by atoms with Gasteiger partial charge in [0.1, 0.15) is 25.3 Å². The summed E-state index contributed by atoms with van der Waals surface area (Å²) in [5.74, 6) is -1.06. The fraction of sp³-hybridized carbons (Fsp3) is 0.467. The molecule has 2 aromatic rings. The van der Waals surface area contributed by atoms with Crippen LogP contribution < -0.4 is 21.3 Å². The van der Waals surface area contributed by atoms with Gasteiger partial charge in [0.2, 0.25) is 5.91 Å². The van der Waals surface area contributed by atoms with Crippen LogP contribution in [-0.2, 0) is 37.0 Å². The number of methoxy groups -OCH3 is 1. The molecule has 0 aromatic heterocycles. The van der Waals surface area contributed by atoms with Gasteiger partial charge >= 0.3 is 18.2 Å². The van der Waals surface area contributed by atoms with Gasteiger partial charge in [0.05, 0.1) is 7.11 Å². The van der Waals surface area contributed by atoms with Gasteiger partial charge in [0.15, 0.2) is 0 Å². The van der Waals surface area contributed by atoms with Gasteiger partial charge in [-0.1, -0.05) is 60.7 Å². The molecule has 41 heavy (non-hydrogen) atoms. The van der Waals surface area contributed by atoms with Crippen molar-refractivity contribution >= 4 is 24.1 Å². The Balaban J connectivity index is 1.88. The average molecular weight is 571 g/mol. The molecule has 0 radical (unpaired) electrons. The molecule has 0 unspecified atom stereocenters. The Bertz CT molecular complexity index is 1050. The third kappa shape index (κ3) is 14.2. The predicted octanol–water partition coefficient (Wildman–Crippen LogP) is 3.43. The van der Waals surface area contributed by atoms with Crippen LogP contribution in [0.25, 0.3) is 0 Å². The summed E-state index contributed by atoms with van der Waals surface area (Å²) in [6.07, 6.45) is 1.95. The second kappa shape index (κ2) is 19.9. The summed E-state index contributed by atoms with van der Waals surface area (Å²) in [6.45, 7) is 1.33. The van der Waals surface area contributed by atoms with E-state index in [9.17, 15) is 19.2 Å². The zero-order valence-corrected chi connectivity index (χ0v) is 23.9. The first-order valence-corrected chi connectivity index (χ1v) is 13.9. The lowest BCUT2D eigenvalue weighted by atomic mass is 10.1. The molecule has 0 bridgehead atoms. The predicted molar refractivity (Wildman–Crippen MR) is 154 cm³/mol. The van der Waals surface area contributed by atoms with Gasteiger partial charge in [-0.05, 0) is 63.2 Å². The van der Waals surface area contributed by atoms with Crippen LogP contribution in [-0.4, -0.2) is 63.4 Å². The second-order valence-corrected chi connectivity index (χ2v) is 9.43. The number of unbranched alkanes of at least 4 members (excludes halogenated alkanes) is 2. The SMILES string of the molecule is CNCCCC[C@H](NC(=O)[C@H](CCCCNC(=O)OCc1ccccc1)NC(=O)OCc1ccccc1)C(=O)OC. The quantitative estimate of drug-likeness (QED) is 0.121. The Morgan fingerprint density at radius 3 is 1.78 bits per heavy atom. The Labute approximate surface area is 241 Å². The van der Waals surface area contributed by atoms with E-state index in [0.717, 1.165) is 24.1 Å². The summed E-state index contributed by atoms with van der Waals surface area (Å²) >= 11 is 0. The molecule has 0 saturated carbocycles. The van der Waals surface area contributed by atoms with E-state index in [4.69, 9.17) is 14.2 Å². The number of nitrogens with one attached hydrogen (secondary N) is 4. The molecule has 2 atom stereocenters. The smallest absolute Gasteiger partial charge is 0.408 e. The molecule has 4 N–H and O–H groups in total. The Morgan fingerprint density at radius 1 is 0.683 bits per heavy atom. The van der Waals surface area contributed by atoms with Crippen molar-refractivity contribution in [2.75, 3.05) is 27.2 Å². The van der Waals surface area contributed by atoms with E-state index >= 15 is 0 Å². The topological polar surface area (TPSA) is 144 Å². The molecule has 0 fully saturated rings. The van der Waals surface area contributed by atoms with E-state index < -0.39 is 36.1 Å². The summed E-state index contributed by atoms with van der Waals surface area (Å²) in [5.41, 5.74) is 1.69. The Hall–Kier alpha value is -4.12. The van der Waals surface area contributed by atoms with E-state index in [1.165, 1.54) is 7.11 Å². The van der Waals surface area contributed by atoms with Crippen LogP contribution in [0.4, 0.5) is 9.59 Å². The molecule has 11 heteroatoms. The minimum atomic E-state index is -0.951. The molecule has 0 aliphatic carbocycles. The van der Waals surface area contributed by atoms with Crippen molar-refractivity contribution < 1.29 is 33.4 Å². The lowest BCUT2D eigenvalue weighted by Gasteiger charge is -2.22. The van der Waals surface area contributed by atoms with Gasteiger partial charge in [-0.2, -0.15) is 0 Å². The van der Waals surface area contributed by atoms with Crippen LogP contribution in [0.15, 0.2) is 60.7 Å². The van der Waals surface area contributed by atoms with Gasteiger partial charge in [0.25, 0.3) is 0 Å². The number of amides is 3. The number of esters is 1. The monoisotopic (exact) mass is 570 g/mol. The van der Waals surface area contributed by atoms with Crippen LogP contribution in [0, 0.1) is 0 Å². The van der Waals surface area contributed by atoms with Crippen LogP contribution in [0.1, 0.15) is 49.7 Å². The molecular formula is C30H42N4O7. The van der Waals surface area contributed by atoms with Crippen LogP contribution in [0.3, 0.4) is 0 Å². The van der Waals surface area contributed by atoms with E-state index in [-0.39, 0.29) is 19.6 Å². The van der Waals surface area contributed by atoms with Gasteiger partial charge < -0.3 is 35.5 Å². The summed E-state index contributed by atoms with van der Waals surface area (Å²) in [5, 5.41) is 11.1. The third-order valence-electron chi connectivity index (χ3n) is 6.19. The second-order valence-electron chi connectivity index (χ2n) is 9.43. The first-order valence-electron chi connectivity index (χ1n) is 13.9. The third-order valence-corrected chi connectivity index (χ3v) is 6.19. The molecule has 0 spiro atoms. The van der Waals surface area contributed by atoms with Gasteiger partial charge in [-0.25, -0.2) is 14.4 Å². The number of benzene rings is 2. The number of hydrogen-bond donors (Lipinski definition) is 4. The minimum absolute atomic E-state index is 0.0479. The van der Waals surface area contributed by atoms with E-state index in [0.29, 0.717) is 32.2 Å². The summed E-state index contributed by atoms with van der Waals surface area (Å²) in [6, 6.07) is 16.7. The summed E-state index contributed by atoms with van der Waals surface area (Å²) in [7, 11) is 3.11. The first-order chi connectivity index (χ1) is 19.9. The maximum Gasteiger partial charge on any atom is 0.408 e. The zero-order valence-electron chi connectivity index (χ0n) is 23.9. The molecule has 0 aliphatic heterocycles.